The minimum Gasteiger partial charge on any atom is -0.350 e. The highest BCUT2D eigenvalue weighted by molar-refractivity contribution is 5.94. The number of nitrogens with zero attached hydrogens (tertiary/aromatic N) is 4. The molecule has 0 N–H and O–H groups in total. The van der Waals surface area contributed by atoms with E-state index in [0.29, 0.717) is 24.7 Å². The summed E-state index contributed by atoms with van der Waals surface area (Å²) < 4.78 is 13.0. The number of amides is 1. The van der Waals surface area contributed by atoms with Gasteiger partial charge in [-0.2, -0.15) is 5.10 Å². The molecule has 0 radical (unpaired) electrons. The average molecular weight is 356 g/mol. The Balaban J connectivity index is 1.40. The summed E-state index contributed by atoms with van der Waals surface area (Å²) in [7, 11) is 0. The van der Waals surface area contributed by atoms with E-state index in [-0.39, 0.29) is 12.2 Å². The van der Waals surface area contributed by atoms with Crippen LogP contribution in [0.3, 0.4) is 0 Å². The number of likely N-dealkylation sites (tertiary alicyclic amines) is 1. The van der Waals surface area contributed by atoms with Crippen LogP contribution in [0.15, 0.2) is 24.4 Å². The molecule has 0 saturated carbocycles. The molecule has 2 aliphatic rings. The van der Waals surface area contributed by atoms with Crippen LogP contribution in [-0.2, 0) is 9.47 Å². The highest BCUT2D eigenvalue weighted by Gasteiger charge is 2.32. The average Bonchev–Trinajstić information content (AvgIpc) is 3.31. The predicted octanol–water partition coefficient (Wildman–Crippen LogP) is 2.11. The highest BCUT2D eigenvalue weighted by Crippen LogP contribution is 2.26. The van der Waals surface area contributed by atoms with Crippen molar-refractivity contribution < 1.29 is 14.3 Å². The summed E-state index contributed by atoms with van der Waals surface area (Å²) in [6.07, 6.45) is 3.37. The van der Waals surface area contributed by atoms with Crippen molar-refractivity contribution in [2.24, 2.45) is 5.92 Å². The van der Waals surface area contributed by atoms with E-state index in [1.807, 2.05) is 36.9 Å². The van der Waals surface area contributed by atoms with Gasteiger partial charge in [0.2, 0.25) is 0 Å². The predicted molar refractivity (Wildman–Crippen MR) is 95.2 cm³/mol. The molecule has 4 heterocycles. The zero-order valence-corrected chi connectivity index (χ0v) is 15.2. The summed E-state index contributed by atoms with van der Waals surface area (Å²) in [5, 5.41) is 4.43. The number of piperidine rings is 1. The normalized spacial score (nSPS) is 19.2. The third-order valence-electron chi connectivity index (χ3n) is 5.08. The number of hydrogen-bond donors (Lipinski definition) is 0. The van der Waals surface area contributed by atoms with Gasteiger partial charge in [-0.05, 0) is 44.9 Å². The molecule has 138 valence electrons. The molecule has 7 heteroatoms. The molecule has 2 saturated heterocycles. The number of ether oxygens (including phenoxy) is 2. The summed E-state index contributed by atoms with van der Waals surface area (Å²) in [6.45, 7) is 6.75. The second-order valence-corrected chi connectivity index (χ2v) is 6.98. The Bertz CT molecular complexity index is 773. The van der Waals surface area contributed by atoms with Crippen molar-refractivity contribution in [1.82, 2.24) is 19.7 Å². The molecule has 2 aromatic rings. The molecule has 7 nitrogen and oxygen atoms in total. The van der Waals surface area contributed by atoms with Crippen molar-refractivity contribution in [2.75, 3.05) is 26.3 Å². The van der Waals surface area contributed by atoms with Crippen LogP contribution in [0.5, 0.6) is 0 Å². The van der Waals surface area contributed by atoms with Gasteiger partial charge in [0.25, 0.3) is 5.91 Å². The summed E-state index contributed by atoms with van der Waals surface area (Å²) in [4.78, 5) is 19.1. The maximum Gasteiger partial charge on any atom is 0.255 e. The molecule has 2 aliphatic heterocycles. The first-order chi connectivity index (χ1) is 12.6. The van der Waals surface area contributed by atoms with Crippen LogP contribution in [0.2, 0.25) is 0 Å². The van der Waals surface area contributed by atoms with E-state index >= 15 is 0 Å². The van der Waals surface area contributed by atoms with Gasteiger partial charge in [-0.1, -0.05) is 0 Å². The number of carbonyl (C=O) groups excluding carboxylic acids is 1. The third kappa shape index (κ3) is 3.37. The maximum atomic E-state index is 12.7. The minimum atomic E-state index is -0.0889. The smallest absolute Gasteiger partial charge is 0.255 e. The van der Waals surface area contributed by atoms with Crippen LogP contribution in [0.4, 0.5) is 0 Å². The third-order valence-corrected chi connectivity index (χ3v) is 5.08. The Morgan fingerprint density at radius 2 is 1.88 bits per heavy atom. The summed E-state index contributed by atoms with van der Waals surface area (Å²) >= 11 is 0. The number of hydrogen-bond acceptors (Lipinski definition) is 5. The Kier molecular flexibility index (Phi) is 4.74. The molecule has 2 aromatic heterocycles. The van der Waals surface area contributed by atoms with Crippen molar-refractivity contribution in [3.05, 3.63) is 41.3 Å². The van der Waals surface area contributed by atoms with Gasteiger partial charge in [0, 0.05) is 30.9 Å². The lowest BCUT2D eigenvalue weighted by Gasteiger charge is -2.33. The minimum absolute atomic E-state index is 0.0316. The molecule has 26 heavy (non-hydrogen) atoms. The lowest BCUT2D eigenvalue weighted by atomic mass is 9.96. The van der Waals surface area contributed by atoms with E-state index in [0.717, 1.165) is 43.1 Å². The SMILES string of the molecule is Cc1cc(C)n(-c2ccc(C(=O)N3CCC(C4OCCO4)CC3)cn2)n1. The summed E-state index contributed by atoms with van der Waals surface area (Å²) in [5.74, 6) is 1.14. The van der Waals surface area contributed by atoms with E-state index in [4.69, 9.17) is 9.47 Å². The maximum absolute atomic E-state index is 12.7. The Morgan fingerprint density at radius 1 is 1.15 bits per heavy atom. The van der Waals surface area contributed by atoms with Crippen LogP contribution in [-0.4, -0.2) is 58.2 Å². The standard InChI is InChI=1S/C19H24N4O3/c1-13-11-14(2)23(21-13)17-4-3-16(12-20-17)18(24)22-7-5-15(6-8-22)19-25-9-10-26-19/h3-4,11-12,15,19H,5-10H2,1-2H3. The first-order valence-corrected chi connectivity index (χ1v) is 9.14. The number of aromatic nitrogens is 3. The number of rotatable bonds is 3. The first kappa shape index (κ1) is 17.2. The van der Waals surface area contributed by atoms with Gasteiger partial charge in [0.15, 0.2) is 12.1 Å². The van der Waals surface area contributed by atoms with Crippen LogP contribution < -0.4 is 0 Å². The molecular formula is C19H24N4O3. The van der Waals surface area contributed by atoms with Crippen LogP contribution in [0.1, 0.15) is 34.6 Å². The number of aryl methyl sites for hydroxylation is 2. The Labute approximate surface area is 152 Å². The van der Waals surface area contributed by atoms with Gasteiger partial charge in [-0.25, -0.2) is 9.67 Å². The summed E-state index contributed by atoms with van der Waals surface area (Å²) in [6, 6.07) is 5.68. The fourth-order valence-electron chi connectivity index (χ4n) is 3.70. The fraction of sp³-hybridized carbons (Fsp3) is 0.526. The second kappa shape index (κ2) is 7.17. The summed E-state index contributed by atoms with van der Waals surface area (Å²) in [5.41, 5.74) is 2.58. The topological polar surface area (TPSA) is 69.5 Å². The van der Waals surface area contributed by atoms with Gasteiger partial charge in [-0.15, -0.1) is 0 Å². The van der Waals surface area contributed by atoms with Crippen molar-refractivity contribution in [3.8, 4) is 5.82 Å². The molecule has 4 rings (SSSR count). The van der Waals surface area contributed by atoms with Crippen molar-refractivity contribution in [3.63, 3.8) is 0 Å². The molecule has 1 amide bonds. The van der Waals surface area contributed by atoms with Crippen LogP contribution in [0.25, 0.3) is 5.82 Å². The Hall–Kier alpha value is -2.25. The number of carbonyl (C=O) groups is 1. The molecule has 0 spiro atoms. The quantitative estimate of drug-likeness (QED) is 0.842. The Morgan fingerprint density at radius 3 is 2.46 bits per heavy atom. The molecule has 2 fully saturated rings. The van der Waals surface area contributed by atoms with Crippen LogP contribution in [0, 0.1) is 19.8 Å². The second-order valence-electron chi connectivity index (χ2n) is 6.98. The first-order valence-electron chi connectivity index (χ1n) is 9.14. The molecule has 0 unspecified atom stereocenters. The molecule has 0 aliphatic carbocycles. The monoisotopic (exact) mass is 356 g/mol. The van der Waals surface area contributed by atoms with Crippen molar-refractivity contribution in [1.29, 1.82) is 0 Å². The lowest BCUT2D eigenvalue weighted by Crippen LogP contribution is -2.41. The van der Waals surface area contributed by atoms with Gasteiger partial charge in [0.05, 0.1) is 24.5 Å². The van der Waals surface area contributed by atoms with Gasteiger partial charge in [-0.3, -0.25) is 4.79 Å². The van der Waals surface area contributed by atoms with Crippen LogP contribution >= 0.6 is 0 Å². The van der Waals surface area contributed by atoms with Crippen molar-refractivity contribution in [2.45, 2.75) is 33.0 Å². The van der Waals surface area contributed by atoms with E-state index < -0.39 is 0 Å². The zero-order chi connectivity index (χ0) is 18.1. The van der Waals surface area contributed by atoms with E-state index in [1.54, 1.807) is 10.9 Å². The van der Waals surface area contributed by atoms with Gasteiger partial charge in [0.1, 0.15) is 0 Å². The van der Waals surface area contributed by atoms with Gasteiger partial charge >= 0.3 is 0 Å². The van der Waals surface area contributed by atoms with E-state index in [9.17, 15) is 4.79 Å². The highest BCUT2D eigenvalue weighted by atomic mass is 16.7. The van der Waals surface area contributed by atoms with Gasteiger partial charge < -0.3 is 14.4 Å². The molecule has 0 atom stereocenters. The molecular weight excluding hydrogens is 332 g/mol. The van der Waals surface area contributed by atoms with E-state index in [2.05, 4.69) is 10.1 Å². The number of pyridine rings is 1. The lowest BCUT2D eigenvalue weighted by molar-refractivity contribution is -0.0956. The molecule has 0 bridgehead atoms. The molecule has 0 aromatic carbocycles. The van der Waals surface area contributed by atoms with E-state index in [1.165, 1.54) is 0 Å². The zero-order valence-electron chi connectivity index (χ0n) is 15.2. The fourth-order valence-corrected chi connectivity index (χ4v) is 3.70. The largest absolute Gasteiger partial charge is 0.350 e. The van der Waals surface area contributed by atoms with Crippen molar-refractivity contribution >= 4 is 5.91 Å².